The fourth-order valence-electron chi connectivity index (χ4n) is 1.86. The van der Waals surface area contributed by atoms with Gasteiger partial charge in [-0.05, 0) is 31.0 Å². The first-order chi connectivity index (χ1) is 8.46. The van der Waals surface area contributed by atoms with Crippen molar-refractivity contribution >= 4 is 10.0 Å². The lowest BCUT2D eigenvalue weighted by atomic mass is 9.94. The van der Waals surface area contributed by atoms with E-state index in [1.165, 1.54) is 17.4 Å². The Labute approximate surface area is 106 Å². The highest BCUT2D eigenvalue weighted by atomic mass is 32.2. The minimum Gasteiger partial charge on any atom is -0.207 e. The summed E-state index contributed by atoms with van der Waals surface area (Å²) in [5, 5.41) is 8.72. The molecule has 0 heterocycles. The number of halogens is 1. The molecule has 0 spiro atoms. The predicted octanol–water partition coefficient (Wildman–Crippen LogP) is 1.87. The van der Waals surface area contributed by atoms with Gasteiger partial charge in [0, 0.05) is 13.1 Å². The highest BCUT2D eigenvalue weighted by Crippen LogP contribution is 2.28. The Hall–Kier alpha value is -1.45. The highest BCUT2D eigenvalue weighted by molar-refractivity contribution is 7.89. The van der Waals surface area contributed by atoms with Crippen molar-refractivity contribution in [1.29, 1.82) is 5.26 Å². The van der Waals surface area contributed by atoms with Gasteiger partial charge in [-0.25, -0.2) is 12.8 Å². The van der Waals surface area contributed by atoms with Crippen LogP contribution in [0.2, 0.25) is 0 Å². The first kappa shape index (κ1) is 13.0. The third-order valence-corrected chi connectivity index (χ3v) is 5.23. The van der Waals surface area contributed by atoms with Gasteiger partial charge < -0.3 is 0 Å². The molecule has 0 atom stereocenters. The van der Waals surface area contributed by atoms with Crippen LogP contribution in [0.4, 0.5) is 4.39 Å². The van der Waals surface area contributed by atoms with Crippen molar-refractivity contribution in [1.82, 2.24) is 4.31 Å². The summed E-state index contributed by atoms with van der Waals surface area (Å²) in [5.41, 5.74) is -0.252. The second kappa shape index (κ2) is 4.67. The van der Waals surface area contributed by atoms with Crippen molar-refractivity contribution in [3.63, 3.8) is 0 Å². The zero-order chi connectivity index (χ0) is 13.3. The molecule has 0 aromatic heterocycles. The van der Waals surface area contributed by atoms with Gasteiger partial charge in [-0.2, -0.15) is 9.57 Å². The molecule has 0 saturated heterocycles. The number of nitriles is 1. The fourth-order valence-corrected chi connectivity index (χ4v) is 3.31. The molecule has 1 aromatic rings. The van der Waals surface area contributed by atoms with Crippen molar-refractivity contribution in [2.45, 2.75) is 30.2 Å². The Bertz CT molecular complexity index is 603. The lowest BCUT2D eigenvalue weighted by Gasteiger charge is -2.33. The van der Waals surface area contributed by atoms with Crippen LogP contribution in [0.25, 0.3) is 0 Å². The zero-order valence-electron chi connectivity index (χ0n) is 9.93. The number of hydrogen-bond donors (Lipinski definition) is 0. The Kier molecular flexibility index (Phi) is 3.37. The Morgan fingerprint density at radius 1 is 1.44 bits per heavy atom. The van der Waals surface area contributed by atoms with Gasteiger partial charge in [0.05, 0.1) is 10.5 Å². The van der Waals surface area contributed by atoms with Crippen LogP contribution in [0, 0.1) is 17.1 Å². The topological polar surface area (TPSA) is 61.2 Å². The molecule has 1 saturated carbocycles. The molecular weight excluding hydrogens is 255 g/mol. The van der Waals surface area contributed by atoms with E-state index in [9.17, 15) is 12.8 Å². The van der Waals surface area contributed by atoms with E-state index >= 15 is 0 Å². The summed E-state index contributed by atoms with van der Waals surface area (Å²) >= 11 is 0. The van der Waals surface area contributed by atoms with E-state index in [1.54, 1.807) is 6.07 Å². The lowest BCUT2D eigenvalue weighted by molar-refractivity contribution is 0.249. The van der Waals surface area contributed by atoms with E-state index in [2.05, 4.69) is 0 Å². The van der Waals surface area contributed by atoms with Crippen molar-refractivity contribution in [2.24, 2.45) is 0 Å². The smallest absolute Gasteiger partial charge is 0.207 e. The zero-order valence-corrected chi connectivity index (χ0v) is 10.7. The number of nitrogens with zero attached hydrogens (tertiary/aromatic N) is 2. The number of benzene rings is 1. The van der Waals surface area contributed by atoms with Crippen LogP contribution < -0.4 is 0 Å². The van der Waals surface area contributed by atoms with Crippen LogP contribution in [0.5, 0.6) is 0 Å². The van der Waals surface area contributed by atoms with Gasteiger partial charge in [0.25, 0.3) is 0 Å². The van der Waals surface area contributed by atoms with E-state index < -0.39 is 15.8 Å². The molecule has 0 unspecified atom stereocenters. The molecule has 18 heavy (non-hydrogen) atoms. The van der Waals surface area contributed by atoms with Crippen LogP contribution in [0.15, 0.2) is 23.1 Å². The molecule has 0 radical (unpaired) electrons. The van der Waals surface area contributed by atoms with Crippen molar-refractivity contribution < 1.29 is 12.8 Å². The van der Waals surface area contributed by atoms with Crippen LogP contribution in [-0.4, -0.2) is 25.8 Å². The van der Waals surface area contributed by atoms with Gasteiger partial charge in [0.2, 0.25) is 10.0 Å². The Balaban J connectivity index is 2.38. The van der Waals surface area contributed by atoms with E-state index in [1.807, 2.05) is 0 Å². The fraction of sp³-hybridized carbons (Fsp3) is 0.417. The van der Waals surface area contributed by atoms with E-state index in [-0.39, 0.29) is 16.5 Å². The van der Waals surface area contributed by atoms with Crippen LogP contribution >= 0.6 is 0 Å². The summed E-state index contributed by atoms with van der Waals surface area (Å²) in [7, 11) is -2.11. The maximum Gasteiger partial charge on any atom is 0.243 e. The summed E-state index contributed by atoms with van der Waals surface area (Å²) in [6.07, 6.45) is 2.72. The maximum atomic E-state index is 13.2. The molecule has 1 fully saturated rings. The Morgan fingerprint density at radius 3 is 2.61 bits per heavy atom. The molecule has 0 amide bonds. The summed E-state index contributed by atoms with van der Waals surface area (Å²) in [6.45, 7) is 0. The quantitative estimate of drug-likeness (QED) is 0.840. The van der Waals surface area contributed by atoms with Gasteiger partial charge in [-0.1, -0.05) is 6.42 Å². The molecule has 0 bridgehead atoms. The number of sulfonamides is 1. The third kappa shape index (κ3) is 2.11. The first-order valence-electron chi connectivity index (χ1n) is 5.64. The van der Waals surface area contributed by atoms with Gasteiger partial charge in [0.15, 0.2) is 0 Å². The molecule has 2 rings (SSSR count). The van der Waals surface area contributed by atoms with E-state index in [0.717, 1.165) is 31.4 Å². The van der Waals surface area contributed by atoms with Gasteiger partial charge in [-0.15, -0.1) is 0 Å². The minimum absolute atomic E-state index is 0.0191. The van der Waals surface area contributed by atoms with Crippen LogP contribution in [-0.2, 0) is 10.0 Å². The van der Waals surface area contributed by atoms with Crippen molar-refractivity contribution in [2.75, 3.05) is 7.05 Å². The number of rotatable bonds is 3. The average molecular weight is 268 g/mol. The Morgan fingerprint density at radius 2 is 2.11 bits per heavy atom. The highest BCUT2D eigenvalue weighted by Gasteiger charge is 2.32. The SMILES string of the molecule is CN(C1CCC1)S(=O)(=O)c1ccc(F)c(C#N)c1. The summed E-state index contributed by atoms with van der Waals surface area (Å²) in [6, 6.07) is 4.96. The molecule has 0 aliphatic heterocycles. The lowest BCUT2D eigenvalue weighted by Crippen LogP contribution is -2.41. The van der Waals surface area contributed by atoms with Crippen LogP contribution in [0.1, 0.15) is 24.8 Å². The maximum absolute atomic E-state index is 13.2. The van der Waals surface area contributed by atoms with Crippen molar-refractivity contribution in [3.8, 4) is 6.07 Å². The molecule has 4 nitrogen and oxygen atoms in total. The van der Waals surface area contributed by atoms with E-state index in [4.69, 9.17) is 5.26 Å². The van der Waals surface area contributed by atoms with Crippen LogP contribution in [0.3, 0.4) is 0 Å². The van der Waals surface area contributed by atoms with Gasteiger partial charge in [0.1, 0.15) is 11.9 Å². The van der Waals surface area contributed by atoms with Gasteiger partial charge >= 0.3 is 0 Å². The second-order valence-corrected chi connectivity index (χ2v) is 6.36. The largest absolute Gasteiger partial charge is 0.243 e. The van der Waals surface area contributed by atoms with Gasteiger partial charge in [-0.3, -0.25) is 0 Å². The summed E-state index contributed by atoms with van der Waals surface area (Å²) < 4.78 is 39.0. The normalized spacial score (nSPS) is 16.3. The molecule has 1 aromatic carbocycles. The van der Waals surface area contributed by atoms with Crippen molar-refractivity contribution in [3.05, 3.63) is 29.6 Å². The second-order valence-electron chi connectivity index (χ2n) is 4.36. The summed E-state index contributed by atoms with van der Waals surface area (Å²) in [4.78, 5) is -0.0325. The molecule has 6 heteroatoms. The first-order valence-corrected chi connectivity index (χ1v) is 7.08. The molecule has 96 valence electrons. The molecule has 1 aliphatic rings. The monoisotopic (exact) mass is 268 g/mol. The summed E-state index contributed by atoms with van der Waals surface area (Å²) in [5.74, 6) is -0.706. The number of hydrogen-bond acceptors (Lipinski definition) is 3. The molecule has 0 N–H and O–H groups in total. The third-order valence-electron chi connectivity index (χ3n) is 3.32. The average Bonchev–Trinajstić information content (AvgIpc) is 2.27. The molecule has 1 aliphatic carbocycles. The predicted molar refractivity (Wildman–Crippen MR) is 63.7 cm³/mol. The minimum atomic E-state index is -3.63. The molecular formula is C12H13FN2O2S. The standard InChI is InChI=1S/C12H13FN2O2S/c1-15(10-3-2-4-10)18(16,17)11-5-6-12(13)9(7-11)8-14/h5-7,10H,2-4H2,1H3. The van der Waals surface area contributed by atoms with E-state index in [0.29, 0.717) is 0 Å².